The monoisotopic (exact) mass is 338 g/mol. The molecule has 0 unspecified atom stereocenters. The van der Waals surface area contributed by atoms with E-state index < -0.39 is 0 Å². The first-order valence-corrected chi connectivity index (χ1v) is 9.18. The van der Waals surface area contributed by atoms with Crippen molar-refractivity contribution in [3.05, 3.63) is 54.6 Å². The number of carbonyl (C=O) groups excluding carboxylic acids is 1. The minimum atomic E-state index is 0.210. The molecule has 1 fully saturated rings. The lowest BCUT2D eigenvalue weighted by Crippen LogP contribution is -2.38. The molecule has 1 aliphatic heterocycles. The highest BCUT2D eigenvalue weighted by atomic mass is 16.2. The van der Waals surface area contributed by atoms with E-state index in [0.717, 1.165) is 32.4 Å². The average molecular weight is 338 g/mol. The number of carbonyl (C=O) groups is 1. The molecular formula is C20H26N4O. The maximum absolute atomic E-state index is 12.7. The standard InChI is InChI=1S/C20H26N4O/c25-20(11-7-14-23-17-21-16-22-23)24-15-6-2-5-10-19(24)13-12-18-8-3-1-4-9-18/h1,3-4,8-9,12-13,16-17,19H,2,5-7,10-11,14-15H2/b13-12+/t19-/m0/s1. The molecule has 1 amide bonds. The summed E-state index contributed by atoms with van der Waals surface area (Å²) in [6.07, 6.45) is 13.5. The Morgan fingerprint density at radius 1 is 1.20 bits per heavy atom. The van der Waals surface area contributed by atoms with E-state index in [2.05, 4.69) is 39.3 Å². The molecule has 2 aromatic rings. The molecule has 0 N–H and O–H groups in total. The molecule has 1 saturated heterocycles. The Bertz CT molecular complexity index is 666. The number of amides is 1. The topological polar surface area (TPSA) is 51.0 Å². The van der Waals surface area contributed by atoms with E-state index in [1.807, 2.05) is 18.2 Å². The average Bonchev–Trinajstić information content (AvgIpc) is 3.04. The normalized spacial score (nSPS) is 18.4. The molecule has 5 nitrogen and oxygen atoms in total. The van der Waals surface area contributed by atoms with Crippen LogP contribution in [-0.4, -0.2) is 38.2 Å². The Kier molecular flexibility index (Phi) is 6.37. The lowest BCUT2D eigenvalue weighted by Gasteiger charge is -2.28. The second kappa shape index (κ2) is 9.16. The van der Waals surface area contributed by atoms with Crippen molar-refractivity contribution < 1.29 is 4.79 Å². The third-order valence-electron chi connectivity index (χ3n) is 4.67. The van der Waals surface area contributed by atoms with Gasteiger partial charge in [0, 0.05) is 19.5 Å². The van der Waals surface area contributed by atoms with Crippen LogP contribution in [0.15, 0.2) is 49.1 Å². The van der Waals surface area contributed by atoms with Crippen molar-refractivity contribution in [2.45, 2.75) is 51.1 Å². The number of nitrogens with zero attached hydrogens (tertiary/aromatic N) is 4. The van der Waals surface area contributed by atoms with Gasteiger partial charge in [0.05, 0.1) is 6.04 Å². The van der Waals surface area contributed by atoms with Crippen LogP contribution in [0.2, 0.25) is 0 Å². The SMILES string of the molecule is O=C(CCCn1cncn1)N1CCCCC[C@H]1/C=C/c1ccccc1. The van der Waals surface area contributed by atoms with Crippen LogP contribution in [0.1, 0.15) is 44.1 Å². The van der Waals surface area contributed by atoms with Crippen LogP contribution in [0.25, 0.3) is 6.08 Å². The maximum atomic E-state index is 12.7. The largest absolute Gasteiger partial charge is 0.336 e. The van der Waals surface area contributed by atoms with E-state index in [0.29, 0.717) is 6.42 Å². The van der Waals surface area contributed by atoms with Crippen molar-refractivity contribution in [2.24, 2.45) is 0 Å². The van der Waals surface area contributed by atoms with Crippen LogP contribution in [0.3, 0.4) is 0 Å². The molecule has 5 heteroatoms. The summed E-state index contributed by atoms with van der Waals surface area (Å²) in [5.41, 5.74) is 1.19. The summed E-state index contributed by atoms with van der Waals surface area (Å²) in [4.78, 5) is 18.8. The zero-order chi connectivity index (χ0) is 17.3. The molecule has 1 aromatic heterocycles. The van der Waals surface area contributed by atoms with Crippen LogP contribution in [0, 0.1) is 0 Å². The van der Waals surface area contributed by atoms with Gasteiger partial charge in [0.15, 0.2) is 0 Å². The summed E-state index contributed by atoms with van der Waals surface area (Å²) < 4.78 is 1.78. The molecule has 0 saturated carbocycles. The Morgan fingerprint density at radius 2 is 2.08 bits per heavy atom. The van der Waals surface area contributed by atoms with Crippen molar-refractivity contribution in [1.29, 1.82) is 0 Å². The molecule has 132 valence electrons. The summed E-state index contributed by atoms with van der Waals surface area (Å²) >= 11 is 0. The van der Waals surface area contributed by atoms with Gasteiger partial charge in [0.2, 0.25) is 5.91 Å². The zero-order valence-corrected chi connectivity index (χ0v) is 14.6. The zero-order valence-electron chi connectivity index (χ0n) is 14.6. The highest BCUT2D eigenvalue weighted by Gasteiger charge is 2.23. The quantitative estimate of drug-likeness (QED) is 0.809. The number of rotatable bonds is 6. The van der Waals surface area contributed by atoms with Gasteiger partial charge in [-0.05, 0) is 24.8 Å². The second-order valence-corrected chi connectivity index (χ2v) is 6.54. The number of likely N-dealkylation sites (tertiary alicyclic amines) is 1. The highest BCUT2D eigenvalue weighted by molar-refractivity contribution is 5.77. The summed E-state index contributed by atoms with van der Waals surface area (Å²) in [6, 6.07) is 10.5. The first-order chi connectivity index (χ1) is 12.3. The van der Waals surface area contributed by atoms with Crippen LogP contribution >= 0.6 is 0 Å². The van der Waals surface area contributed by atoms with Crippen molar-refractivity contribution in [3.8, 4) is 0 Å². The lowest BCUT2D eigenvalue weighted by molar-refractivity contribution is -0.132. The van der Waals surface area contributed by atoms with Gasteiger partial charge in [-0.1, -0.05) is 55.3 Å². The van der Waals surface area contributed by atoms with Gasteiger partial charge in [0.1, 0.15) is 12.7 Å². The molecule has 1 atom stereocenters. The second-order valence-electron chi connectivity index (χ2n) is 6.54. The fraction of sp³-hybridized carbons (Fsp3) is 0.450. The lowest BCUT2D eigenvalue weighted by atomic mass is 10.1. The Morgan fingerprint density at radius 3 is 2.88 bits per heavy atom. The van der Waals surface area contributed by atoms with Gasteiger partial charge in [-0.25, -0.2) is 4.98 Å². The van der Waals surface area contributed by atoms with Crippen molar-refractivity contribution in [2.75, 3.05) is 6.54 Å². The molecule has 1 aromatic carbocycles. The molecule has 25 heavy (non-hydrogen) atoms. The number of aryl methyl sites for hydroxylation is 1. The summed E-state index contributed by atoms with van der Waals surface area (Å²) in [6.45, 7) is 1.61. The van der Waals surface area contributed by atoms with Crippen molar-refractivity contribution in [1.82, 2.24) is 19.7 Å². The fourth-order valence-corrected chi connectivity index (χ4v) is 3.31. The first kappa shape index (κ1) is 17.4. The third-order valence-corrected chi connectivity index (χ3v) is 4.67. The fourth-order valence-electron chi connectivity index (χ4n) is 3.31. The van der Waals surface area contributed by atoms with Crippen LogP contribution < -0.4 is 0 Å². The van der Waals surface area contributed by atoms with E-state index in [9.17, 15) is 4.79 Å². The van der Waals surface area contributed by atoms with Gasteiger partial charge in [0.25, 0.3) is 0 Å². The molecule has 1 aliphatic rings. The van der Waals surface area contributed by atoms with Gasteiger partial charge in [-0.2, -0.15) is 5.10 Å². The molecular weight excluding hydrogens is 312 g/mol. The first-order valence-electron chi connectivity index (χ1n) is 9.18. The summed E-state index contributed by atoms with van der Waals surface area (Å²) in [7, 11) is 0. The van der Waals surface area contributed by atoms with Crippen LogP contribution in [0.5, 0.6) is 0 Å². The van der Waals surface area contributed by atoms with Crippen molar-refractivity contribution in [3.63, 3.8) is 0 Å². The molecule has 0 aliphatic carbocycles. The Balaban J connectivity index is 1.59. The van der Waals surface area contributed by atoms with E-state index in [1.165, 1.54) is 24.7 Å². The smallest absolute Gasteiger partial charge is 0.223 e. The van der Waals surface area contributed by atoms with Gasteiger partial charge in [-0.3, -0.25) is 9.48 Å². The van der Waals surface area contributed by atoms with Gasteiger partial charge < -0.3 is 4.90 Å². The van der Waals surface area contributed by atoms with Gasteiger partial charge >= 0.3 is 0 Å². The Labute approximate surface area is 149 Å². The number of hydrogen-bond acceptors (Lipinski definition) is 3. The van der Waals surface area contributed by atoms with Crippen LogP contribution in [0.4, 0.5) is 0 Å². The minimum absolute atomic E-state index is 0.210. The van der Waals surface area contributed by atoms with Crippen LogP contribution in [-0.2, 0) is 11.3 Å². The predicted octanol–water partition coefficient (Wildman–Crippen LogP) is 3.54. The third kappa shape index (κ3) is 5.28. The molecule has 0 spiro atoms. The summed E-state index contributed by atoms with van der Waals surface area (Å²) in [5.74, 6) is 0.254. The predicted molar refractivity (Wildman–Crippen MR) is 98.7 cm³/mol. The number of aromatic nitrogens is 3. The van der Waals surface area contributed by atoms with Crippen molar-refractivity contribution >= 4 is 12.0 Å². The molecule has 0 radical (unpaired) electrons. The molecule has 2 heterocycles. The van der Waals surface area contributed by atoms with Gasteiger partial charge in [-0.15, -0.1) is 0 Å². The molecule has 3 rings (SSSR count). The van der Waals surface area contributed by atoms with E-state index in [1.54, 1.807) is 11.0 Å². The number of hydrogen-bond donors (Lipinski definition) is 0. The van der Waals surface area contributed by atoms with E-state index in [-0.39, 0.29) is 11.9 Å². The minimum Gasteiger partial charge on any atom is -0.336 e. The van der Waals surface area contributed by atoms with E-state index >= 15 is 0 Å². The maximum Gasteiger partial charge on any atom is 0.223 e. The Hall–Kier alpha value is -2.43. The highest BCUT2D eigenvalue weighted by Crippen LogP contribution is 2.20. The number of benzene rings is 1. The summed E-state index contributed by atoms with van der Waals surface area (Å²) in [5, 5.41) is 4.09. The molecule has 0 bridgehead atoms. The van der Waals surface area contributed by atoms with E-state index in [4.69, 9.17) is 0 Å².